The van der Waals surface area contributed by atoms with Crippen molar-refractivity contribution in [3.8, 4) is 0 Å². The fourth-order valence-corrected chi connectivity index (χ4v) is 0.250. The second kappa shape index (κ2) is 6.01. The highest BCUT2D eigenvalue weighted by Gasteiger charge is 2.12. The highest BCUT2D eigenvalue weighted by atomic mass is 16.3. The maximum absolute atomic E-state index is 9.13. The summed E-state index contributed by atoms with van der Waals surface area (Å²) in [7, 11) is 0. The molecule has 0 bridgehead atoms. The lowest BCUT2D eigenvalue weighted by Gasteiger charge is -2.17. The molecule has 0 aliphatic heterocycles. The van der Waals surface area contributed by atoms with Gasteiger partial charge in [-0.05, 0) is 19.8 Å². The van der Waals surface area contributed by atoms with Crippen molar-refractivity contribution in [2.24, 2.45) is 0 Å². The minimum absolute atomic E-state index is 0. The average Bonchev–Trinajstić information content (AvgIpc) is 1.68. The van der Waals surface area contributed by atoms with E-state index in [1.54, 1.807) is 0 Å². The molecule has 0 unspecified atom stereocenters. The summed E-state index contributed by atoms with van der Waals surface area (Å²) in [6, 6.07) is 0. The Bertz CT molecular complexity index is 49.0. The third-order valence-corrected chi connectivity index (χ3v) is 1.52. The summed E-state index contributed by atoms with van der Waals surface area (Å²) < 4.78 is 0. The van der Waals surface area contributed by atoms with E-state index in [0.29, 0.717) is 0 Å². The van der Waals surface area contributed by atoms with Gasteiger partial charge in [-0.25, -0.2) is 0 Å². The van der Waals surface area contributed by atoms with Gasteiger partial charge in [0.15, 0.2) is 0 Å². The molecule has 0 aliphatic rings. The number of quaternary nitrogens is 1. The molecule has 60 valence electrons. The van der Waals surface area contributed by atoms with E-state index in [-0.39, 0.29) is 11.6 Å². The molecule has 0 aromatic rings. The predicted octanol–water partition coefficient (Wildman–Crippen LogP) is 1.76. The van der Waals surface area contributed by atoms with E-state index >= 15 is 0 Å². The second-order valence-electron chi connectivity index (χ2n) is 2.20. The molecule has 0 spiro atoms. The highest BCUT2D eigenvalue weighted by molar-refractivity contribution is 4.65. The molecule has 0 atom stereocenters. The lowest BCUT2D eigenvalue weighted by molar-refractivity contribution is 0.0521. The standard InChI is InChI=1S/C6H14O.H3N.H2O/c1-4-6(3,7)5-2;;/h7H,4-5H2,1-3H3;1H3;1H2. The minimum atomic E-state index is -0.417. The van der Waals surface area contributed by atoms with Crippen molar-refractivity contribution in [3.63, 3.8) is 0 Å². The zero-order valence-corrected chi connectivity index (χ0v) is 6.81. The van der Waals surface area contributed by atoms with Gasteiger partial charge in [0, 0.05) is 0 Å². The van der Waals surface area contributed by atoms with Gasteiger partial charge in [0.1, 0.15) is 0 Å². The first-order valence-corrected chi connectivity index (χ1v) is 2.84. The first-order chi connectivity index (χ1) is 3.12. The monoisotopic (exact) mass is 137 g/mol. The summed E-state index contributed by atoms with van der Waals surface area (Å²) in [6.07, 6.45) is 1.70. The SMILES string of the molecule is CCC(C)(O)CC.[NH4+].[OH-]. The fourth-order valence-electron chi connectivity index (χ4n) is 0.250. The lowest BCUT2D eigenvalue weighted by atomic mass is 10.0. The maximum atomic E-state index is 9.13. The Kier molecular flexibility index (Phi) is 10.6. The number of aliphatic hydroxyl groups is 1. The van der Waals surface area contributed by atoms with E-state index in [0.717, 1.165) is 12.8 Å². The summed E-state index contributed by atoms with van der Waals surface area (Å²) in [4.78, 5) is 0. The molecule has 9 heavy (non-hydrogen) atoms. The second-order valence-corrected chi connectivity index (χ2v) is 2.20. The van der Waals surface area contributed by atoms with Crippen molar-refractivity contribution in [2.75, 3.05) is 0 Å². The van der Waals surface area contributed by atoms with E-state index in [1.807, 2.05) is 20.8 Å². The third-order valence-electron chi connectivity index (χ3n) is 1.52. The molecule has 0 rings (SSSR count). The fraction of sp³-hybridized carbons (Fsp3) is 1.00. The van der Waals surface area contributed by atoms with Crippen LogP contribution in [0.25, 0.3) is 0 Å². The van der Waals surface area contributed by atoms with Crippen molar-refractivity contribution >= 4 is 0 Å². The van der Waals surface area contributed by atoms with Crippen LogP contribution in [0.15, 0.2) is 0 Å². The van der Waals surface area contributed by atoms with Crippen LogP contribution in [0.1, 0.15) is 33.6 Å². The van der Waals surface area contributed by atoms with Gasteiger partial charge in [-0.3, -0.25) is 0 Å². The molecular formula is C6H19NO2. The molecule has 0 fully saturated rings. The number of hydrogen-bond acceptors (Lipinski definition) is 2. The lowest BCUT2D eigenvalue weighted by Crippen LogP contribution is -2.20. The largest absolute Gasteiger partial charge is 0.870 e. The van der Waals surface area contributed by atoms with Crippen LogP contribution in [0.5, 0.6) is 0 Å². The Hall–Kier alpha value is -0.120. The van der Waals surface area contributed by atoms with Gasteiger partial charge in [0.05, 0.1) is 5.60 Å². The molecule has 0 amide bonds. The molecule has 3 heteroatoms. The summed E-state index contributed by atoms with van der Waals surface area (Å²) in [5, 5.41) is 9.13. The number of hydrogen-bond donors (Lipinski definition) is 2. The van der Waals surface area contributed by atoms with Crippen molar-refractivity contribution in [3.05, 3.63) is 0 Å². The van der Waals surface area contributed by atoms with Crippen LogP contribution >= 0.6 is 0 Å². The predicted molar refractivity (Wildman–Crippen MR) is 39.1 cm³/mol. The molecule has 0 aliphatic carbocycles. The summed E-state index contributed by atoms with van der Waals surface area (Å²) >= 11 is 0. The van der Waals surface area contributed by atoms with Crippen LogP contribution in [0.3, 0.4) is 0 Å². The molecule has 0 saturated heterocycles. The van der Waals surface area contributed by atoms with Crippen LogP contribution in [-0.4, -0.2) is 16.2 Å². The summed E-state index contributed by atoms with van der Waals surface area (Å²) in [6.45, 7) is 5.83. The summed E-state index contributed by atoms with van der Waals surface area (Å²) in [5.74, 6) is 0. The Morgan fingerprint density at radius 2 is 1.44 bits per heavy atom. The number of rotatable bonds is 2. The minimum Gasteiger partial charge on any atom is -0.870 e. The van der Waals surface area contributed by atoms with Gasteiger partial charge < -0.3 is 16.7 Å². The average molecular weight is 137 g/mol. The normalized spacial score (nSPS) is 9.33. The Morgan fingerprint density at radius 1 is 1.22 bits per heavy atom. The third kappa shape index (κ3) is 7.88. The van der Waals surface area contributed by atoms with Crippen LogP contribution in [-0.2, 0) is 0 Å². The topological polar surface area (TPSA) is 86.7 Å². The van der Waals surface area contributed by atoms with E-state index in [9.17, 15) is 0 Å². The van der Waals surface area contributed by atoms with Gasteiger partial charge in [-0.1, -0.05) is 13.8 Å². The molecule has 3 nitrogen and oxygen atoms in total. The van der Waals surface area contributed by atoms with Gasteiger partial charge in [0.2, 0.25) is 0 Å². The first kappa shape index (κ1) is 15.9. The first-order valence-electron chi connectivity index (χ1n) is 2.84. The van der Waals surface area contributed by atoms with Crippen LogP contribution < -0.4 is 6.15 Å². The van der Waals surface area contributed by atoms with Crippen LogP contribution in [0, 0.1) is 0 Å². The van der Waals surface area contributed by atoms with Gasteiger partial charge >= 0.3 is 0 Å². The van der Waals surface area contributed by atoms with Gasteiger partial charge in [-0.15, -0.1) is 0 Å². The zero-order valence-electron chi connectivity index (χ0n) is 6.81. The zero-order chi connectivity index (χ0) is 5.91. The van der Waals surface area contributed by atoms with E-state index < -0.39 is 5.60 Å². The van der Waals surface area contributed by atoms with E-state index in [1.165, 1.54) is 0 Å². The molecule has 0 aromatic carbocycles. The molecule has 0 aromatic heterocycles. The highest BCUT2D eigenvalue weighted by Crippen LogP contribution is 2.11. The molecule has 0 radical (unpaired) electrons. The quantitative estimate of drug-likeness (QED) is 0.607. The Labute approximate surface area is 57.0 Å². The molecular weight excluding hydrogens is 118 g/mol. The van der Waals surface area contributed by atoms with Crippen molar-refractivity contribution in [2.45, 2.75) is 39.2 Å². The smallest absolute Gasteiger partial charge is 0.0614 e. The molecule has 0 heterocycles. The van der Waals surface area contributed by atoms with Crippen molar-refractivity contribution in [1.82, 2.24) is 6.15 Å². The molecule has 0 saturated carbocycles. The van der Waals surface area contributed by atoms with Gasteiger partial charge in [-0.2, -0.15) is 0 Å². The van der Waals surface area contributed by atoms with Crippen molar-refractivity contribution < 1.29 is 10.6 Å². The van der Waals surface area contributed by atoms with Crippen LogP contribution in [0.4, 0.5) is 0 Å². The maximum Gasteiger partial charge on any atom is 0.0614 e. The summed E-state index contributed by atoms with van der Waals surface area (Å²) in [5.41, 5.74) is -0.417. The molecule has 6 N–H and O–H groups in total. The van der Waals surface area contributed by atoms with Gasteiger partial charge in [0.25, 0.3) is 0 Å². The van der Waals surface area contributed by atoms with E-state index in [2.05, 4.69) is 0 Å². The Balaban J connectivity index is -0.000000180. The van der Waals surface area contributed by atoms with Crippen LogP contribution in [0.2, 0.25) is 0 Å². The van der Waals surface area contributed by atoms with E-state index in [4.69, 9.17) is 5.11 Å². The Morgan fingerprint density at radius 3 is 1.44 bits per heavy atom. The van der Waals surface area contributed by atoms with Crippen molar-refractivity contribution in [1.29, 1.82) is 0 Å².